The third-order valence-electron chi connectivity index (χ3n) is 12.4. The van der Waals surface area contributed by atoms with Crippen LogP contribution in [0.3, 0.4) is 0 Å². The molecule has 7 fully saturated rings. The van der Waals surface area contributed by atoms with E-state index in [0.29, 0.717) is 12.8 Å². The van der Waals surface area contributed by atoms with Gasteiger partial charge in [0.2, 0.25) is 11.4 Å². The van der Waals surface area contributed by atoms with E-state index in [1.165, 1.54) is 6.92 Å². The topological polar surface area (TPSA) is 193 Å². The highest BCUT2D eigenvalue weighted by Gasteiger charge is 2.98. The van der Waals surface area contributed by atoms with Gasteiger partial charge in [0, 0.05) is 23.2 Å². The fourth-order valence-corrected chi connectivity index (χ4v) is 9.90. The minimum absolute atomic E-state index is 0.0749. The Bertz CT molecular complexity index is 1300. The SMILES string of the molecule is CCC(C)C(=O)OC12C3OC(=O)C(CC)CC3C3(O)C(C4OC4(C(=O)O)C(O)C4(O)C(=O)C5(C)OC5C43)C1C2(C)C. The third kappa shape index (κ3) is 2.64. The number of carbonyl (C=O) groups is 4. The number of hydrogen-bond acceptors (Lipinski definition) is 11. The van der Waals surface area contributed by atoms with Crippen molar-refractivity contribution in [3.63, 3.8) is 0 Å². The summed E-state index contributed by atoms with van der Waals surface area (Å²) in [5.41, 5.74) is -11.1. The lowest BCUT2D eigenvalue weighted by molar-refractivity contribution is -0.272. The maximum absolute atomic E-state index is 13.8. The Morgan fingerprint density at radius 3 is 2.29 bits per heavy atom. The lowest BCUT2D eigenvalue weighted by atomic mass is 9.55. The molecule has 0 bridgehead atoms. The van der Waals surface area contributed by atoms with Gasteiger partial charge in [0.25, 0.3) is 0 Å². The molecule has 0 spiro atoms. The predicted octanol–water partition coefficient (Wildman–Crippen LogP) is -0.0265. The second kappa shape index (κ2) is 7.50. The van der Waals surface area contributed by atoms with Gasteiger partial charge in [0.15, 0.2) is 16.8 Å². The number of Topliss-reactive ketones (excluding diaryl/α,β-unsaturated/α-hetero) is 1. The van der Waals surface area contributed by atoms with Crippen molar-refractivity contribution in [1.29, 1.82) is 0 Å². The van der Waals surface area contributed by atoms with Crippen molar-refractivity contribution in [1.82, 2.24) is 0 Å². The molecule has 4 aliphatic carbocycles. The molecule has 0 aromatic rings. The number of epoxide rings is 2. The summed E-state index contributed by atoms with van der Waals surface area (Å²) in [5.74, 6) is -8.96. The molecule has 0 radical (unpaired) electrons. The average Bonchev–Trinajstić information content (AvgIpc) is 3.85. The number of carboxylic acid groups (broad SMARTS) is 1. The number of ether oxygens (including phenoxy) is 4. The van der Waals surface area contributed by atoms with Gasteiger partial charge in [0.05, 0.1) is 23.4 Å². The van der Waals surface area contributed by atoms with E-state index in [1.807, 2.05) is 6.92 Å². The summed E-state index contributed by atoms with van der Waals surface area (Å²) in [6, 6.07) is 0. The molecule has 0 aromatic carbocycles. The highest BCUT2D eigenvalue weighted by atomic mass is 16.7. The molecule has 15 atom stereocenters. The van der Waals surface area contributed by atoms with Crippen LogP contribution in [0.15, 0.2) is 0 Å². The summed E-state index contributed by atoms with van der Waals surface area (Å²) in [6.07, 6.45) is -4.74. The second-order valence-electron chi connectivity index (χ2n) is 14.3. The Hall–Kier alpha value is -2.12. The molecule has 12 nitrogen and oxygen atoms in total. The van der Waals surface area contributed by atoms with Crippen LogP contribution in [0.5, 0.6) is 0 Å². The largest absolute Gasteiger partial charge is 0.479 e. The van der Waals surface area contributed by atoms with Gasteiger partial charge in [-0.3, -0.25) is 14.4 Å². The number of hydrogen-bond donors (Lipinski definition) is 4. The van der Waals surface area contributed by atoms with Gasteiger partial charge in [0.1, 0.15) is 24.4 Å². The van der Waals surface area contributed by atoms with E-state index in [1.54, 1.807) is 27.7 Å². The van der Waals surface area contributed by atoms with Gasteiger partial charge in [-0.25, -0.2) is 4.79 Å². The normalized spacial score (nSPS) is 57.2. The van der Waals surface area contributed by atoms with E-state index >= 15 is 0 Å². The van der Waals surface area contributed by atoms with Crippen LogP contribution >= 0.6 is 0 Å². The molecule has 12 heteroatoms. The van der Waals surface area contributed by atoms with Crippen LogP contribution in [0.4, 0.5) is 0 Å². The molecule has 41 heavy (non-hydrogen) atoms. The van der Waals surface area contributed by atoms with Crippen molar-refractivity contribution < 1.29 is 58.6 Å². The van der Waals surface area contributed by atoms with Crippen molar-refractivity contribution in [2.75, 3.05) is 0 Å². The maximum atomic E-state index is 13.8. The first-order valence-corrected chi connectivity index (χ1v) is 14.7. The Labute approximate surface area is 236 Å². The van der Waals surface area contributed by atoms with E-state index < -0.39 is 117 Å². The number of carbonyl (C=O) groups excluding carboxylic acids is 3. The van der Waals surface area contributed by atoms with Crippen molar-refractivity contribution >= 4 is 23.7 Å². The first-order chi connectivity index (χ1) is 19.0. The molecule has 7 rings (SSSR count). The van der Waals surface area contributed by atoms with Gasteiger partial charge < -0.3 is 39.4 Å². The van der Waals surface area contributed by atoms with Crippen molar-refractivity contribution in [3.05, 3.63) is 0 Å². The molecular formula is C29H38O12. The van der Waals surface area contributed by atoms with Crippen LogP contribution in [0.25, 0.3) is 0 Å². The monoisotopic (exact) mass is 578 g/mol. The summed E-state index contributed by atoms with van der Waals surface area (Å²) >= 11 is 0. The van der Waals surface area contributed by atoms with Crippen LogP contribution < -0.4 is 0 Å². The lowest BCUT2D eigenvalue weighted by Crippen LogP contribution is -2.72. The zero-order chi connectivity index (χ0) is 30.0. The number of esters is 2. The average molecular weight is 579 g/mol. The first kappa shape index (κ1) is 27.7. The summed E-state index contributed by atoms with van der Waals surface area (Å²) in [6.45, 7) is 10.4. The summed E-state index contributed by atoms with van der Waals surface area (Å²) < 4.78 is 24.0. The van der Waals surface area contributed by atoms with E-state index in [2.05, 4.69) is 0 Å². The first-order valence-electron chi connectivity index (χ1n) is 14.7. The highest BCUT2D eigenvalue weighted by molar-refractivity contribution is 6.03. The standard InChI is InChI=1S/C29H38O12/c1-7-10(3)19(30)41-29-14(24(29,4)5)13-17-28(40-17,23(34)35)22(33)27(37)15(18-25(6,39-18)21(27)32)26(13,36)12-9-11(8-2)20(31)38-16(12)29/h10-18,22,33,36-37H,7-9H2,1-6H3,(H,34,35). The number of fused-ring (bicyclic) bond motifs is 12. The van der Waals surface area contributed by atoms with Crippen molar-refractivity contribution in [3.8, 4) is 0 Å². The maximum Gasteiger partial charge on any atom is 0.341 e. The Balaban J connectivity index is 1.48. The van der Waals surface area contributed by atoms with Crippen LogP contribution in [0, 0.1) is 40.9 Å². The van der Waals surface area contributed by atoms with Crippen molar-refractivity contribution in [2.45, 2.75) is 113 Å². The van der Waals surface area contributed by atoms with Crippen LogP contribution in [-0.2, 0) is 38.1 Å². The minimum atomic E-state index is -2.71. The molecule has 3 heterocycles. The van der Waals surface area contributed by atoms with Gasteiger partial charge in [-0.1, -0.05) is 34.6 Å². The number of carboxylic acids is 1. The second-order valence-corrected chi connectivity index (χ2v) is 14.3. The Kier molecular flexibility index (Phi) is 5.07. The summed E-state index contributed by atoms with van der Waals surface area (Å²) in [7, 11) is 0. The Morgan fingerprint density at radius 1 is 1.05 bits per heavy atom. The molecule has 3 saturated heterocycles. The fourth-order valence-electron chi connectivity index (χ4n) is 9.90. The molecule has 3 aliphatic heterocycles. The number of ketones is 1. The van der Waals surface area contributed by atoms with Crippen LogP contribution in [0.2, 0.25) is 0 Å². The third-order valence-corrected chi connectivity index (χ3v) is 12.4. The van der Waals surface area contributed by atoms with Crippen molar-refractivity contribution in [2.24, 2.45) is 40.9 Å². The van der Waals surface area contributed by atoms with Crippen LogP contribution in [-0.4, -0.2) is 96.5 Å². The lowest BCUT2D eigenvalue weighted by Gasteiger charge is -2.57. The molecule has 7 aliphatic rings. The summed E-state index contributed by atoms with van der Waals surface area (Å²) in [5, 5.41) is 47.3. The zero-order valence-corrected chi connectivity index (χ0v) is 23.9. The van der Waals surface area contributed by atoms with Crippen LogP contribution in [0.1, 0.15) is 60.8 Å². The number of rotatable bonds is 5. The molecule has 4 saturated carbocycles. The van der Waals surface area contributed by atoms with E-state index in [9.17, 15) is 39.6 Å². The van der Waals surface area contributed by atoms with Gasteiger partial charge in [-0.05, 0) is 26.2 Å². The number of aliphatic carboxylic acids is 1. The molecular weight excluding hydrogens is 540 g/mol. The molecule has 226 valence electrons. The molecule has 4 N–H and O–H groups in total. The van der Waals surface area contributed by atoms with Gasteiger partial charge in [-0.2, -0.15) is 0 Å². The predicted molar refractivity (Wildman–Crippen MR) is 134 cm³/mol. The zero-order valence-electron chi connectivity index (χ0n) is 23.9. The quantitative estimate of drug-likeness (QED) is 0.252. The number of aliphatic hydroxyl groups is 3. The van der Waals surface area contributed by atoms with E-state index in [0.717, 1.165) is 0 Å². The van der Waals surface area contributed by atoms with Gasteiger partial charge >= 0.3 is 17.9 Å². The van der Waals surface area contributed by atoms with E-state index in [4.69, 9.17) is 18.9 Å². The fraction of sp³-hybridized carbons (Fsp3) is 0.862. The smallest absolute Gasteiger partial charge is 0.341 e. The summed E-state index contributed by atoms with van der Waals surface area (Å²) in [4.78, 5) is 53.1. The molecule has 0 amide bonds. The molecule has 0 aromatic heterocycles. The van der Waals surface area contributed by atoms with Gasteiger partial charge in [-0.15, -0.1) is 0 Å². The number of aliphatic hydroxyl groups excluding tert-OH is 1. The molecule has 15 unspecified atom stereocenters. The van der Waals surface area contributed by atoms with E-state index in [-0.39, 0.29) is 6.42 Å². The minimum Gasteiger partial charge on any atom is -0.479 e. The Morgan fingerprint density at radius 2 is 1.71 bits per heavy atom. The highest BCUT2D eigenvalue weighted by Crippen LogP contribution is 2.82.